The summed E-state index contributed by atoms with van der Waals surface area (Å²) in [5, 5.41) is 4.18. The third-order valence-corrected chi connectivity index (χ3v) is 11.5. The lowest BCUT2D eigenvalue weighted by molar-refractivity contribution is 0.103. The maximum Gasteiger partial charge on any atom is 0.265 e. The number of aromatic nitrogens is 1. The van der Waals surface area contributed by atoms with Gasteiger partial charge < -0.3 is 15.1 Å². The van der Waals surface area contributed by atoms with Gasteiger partial charge in [0.05, 0.1) is 9.62 Å². The zero-order chi connectivity index (χ0) is 26.6. The van der Waals surface area contributed by atoms with Crippen LogP contribution in [0, 0.1) is 5.41 Å². The summed E-state index contributed by atoms with van der Waals surface area (Å²) >= 11 is 7.75. The smallest absolute Gasteiger partial charge is 0.265 e. The molecular formula is C27H33ClN4O3S2. The van der Waals surface area contributed by atoms with Gasteiger partial charge in [-0.15, -0.1) is 11.3 Å². The average molecular weight is 561 g/mol. The van der Waals surface area contributed by atoms with Gasteiger partial charge >= 0.3 is 0 Å². The zero-order valence-electron chi connectivity index (χ0n) is 21.7. The number of likely N-dealkylation sites (tertiary alicyclic amines) is 1. The number of hydrogen-bond acceptors (Lipinski definition) is 7. The lowest BCUT2D eigenvalue weighted by atomic mass is 9.86. The van der Waals surface area contributed by atoms with Crippen LogP contribution in [-0.2, 0) is 14.6 Å². The van der Waals surface area contributed by atoms with Gasteiger partial charge in [0.15, 0.2) is 9.84 Å². The fourth-order valence-electron chi connectivity index (χ4n) is 5.42. The van der Waals surface area contributed by atoms with Crippen molar-refractivity contribution in [1.82, 2.24) is 9.88 Å². The van der Waals surface area contributed by atoms with E-state index in [4.69, 9.17) is 11.6 Å². The molecule has 2 fully saturated rings. The Morgan fingerprint density at radius 3 is 2.62 bits per heavy atom. The van der Waals surface area contributed by atoms with E-state index in [1.54, 1.807) is 19.9 Å². The van der Waals surface area contributed by atoms with Gasteiger partial charge in [0.25, 0.3) is 5.91 Å². The second kappa shape index (κ2) is 9.52. The minimum Gasteiger partial charge on any atom is -0.356 e. The van der Waals surface area contributed by atoms with Crippen molar-refractivity contribution in [3.63, 3.8) is 0 Å². The van der Waals surface area contributed by atoms with Crippen molar-refractivity contribution >= 4 is 60.3 Å². The summed E-state index contributed by atoms with van der Waals surface area (Å²) in [5.41, 5.74) is 1.62. The molecule has 5 rings (SSSR count). The Balaban J connectivity index is 1.34. The summed E-state index contributed by atoms with van der Waals surface area (Å²) in [7, 11) is -3.30. The van der Waals surface area contributed by atoms with Gasteiger partial charge in [0.2, 0.25) is 0 Å². The molecule has 2 aliphatic heterocycles. The second-order valence-corrected chi connectivity index (χ2v) is 15.0. The van der Waals surface area contributed by atoms with Gasteiger partial charge in [-0.3, -0.25) is 4.79 Å². The minimum atomic E-state index is -3.30. The molecule has 2 aliphatic rings. The number of sulfone groups is 1. The Kier molecular flexibility index (Phi) is 6.80. The summed E-state index contributed by atoms with van der Waals surface area (Å²) in [6.07, 6.45) is 3.59. The molecule has 0 bridgehead atoms. The maximum atomic E-state index is 13.2. The van der Waals surface area contributed by atoms with Gasteiger partial charge in [-0.05, 0) is 75.0 Å². The van der Waals surface area contributed by atoms with Crippen molar-refractivity contribution in [1.29, 1.82) is 0 Å². The standard InChI is InChI=1S/C27H33ClN4O3S2/c1-5-31-10-8-27(16-31)9-11-32(17-27)24-15-20(14-23(28)30-24)29-25(33)22-13-18-12-19(6-7-21(18)36-22)26(2,3)37(4,34)35/h6-7,12-15H,5,8-11,16-17H2,1-4H3,(H,29,30,33). The molecule has 0 aliphatic carbocycles. The van der Waals surface area contributed by atoms with E-state index in [2.05, 4.69) is 27.0 Å². The summed E-state index contributed by atoms with van der Waals surface area (Å²) < 4.78 is 24.5. The largest absolute Gasteiger partial charge is 0.356 e. The molecule has 10 heteroatoms. The zero-order valence-corrected chi connectivity index (χ0v) is 24.1. The first-order chi connectivity index (χ1) is 17.4. The lowest BCUT2D eigenvalue weighted by Gasteiger charge is -2.25. The molecule has 3 aromatic rings. The Morgan fingerprint density at radius 2 is 1.92 bits per heavy atom. The van der Waals surface area contributed by atoms with E-state index in [1.165, 1.54) is 24.0 Å². The van der Waals surface area contributed by atoms with Crippen LogP contribution < -0.4 is 10.2 Å². The summed E-state index contributed by atoms with van der Waals surface area (Å²) in [4.78, 5) is 23.1. The van der Waals surface area contributed by atoms with Crippen LogP contribution in [0.3, 0.4) is 0 Å². The third kappa shape index (κ3) is 5.11. The van der Waals surface area contributed by atoms with Gasteiger partial charge in [-0.1, -0.05) is 24.6 Å². The van der Waals surface area contributed by atoms with Gasteiger partial charge in [-0.2, -0.15) is 0 Å². The van der Waals surface area contributed by atoms with Crippen molar-refractivity contribution < 1.29 is 13.2 Å². The quantitative estimate of drug-likeness (QED) is 0.406. The number of nitrogens with zero attached hydrogens (tertiary/aromatic N) is 3. The molecule has 1 spiro atoms. The van der Waals surface area contributed by atoms with E-state index >= 15 is 0 Å². The number of fused-ring (bicyclic) bond motifs is 1. The third-order valence-electron chi connectivity index (χ3n) is 8.13. The molecule has 37 heavy (non-hydrogen) atoms. The van der Waals surface area contributed by atoms with E-state index in [0.29, 0.717) is 26.7 Å². The highest BCUT2D eigenvalue weighted by atomic mass is 35.5. The Labute approximate surface area is 227 Å². The Morgan fingerprint density at radius 1 is 1.16 bits per heavy atom. The van der Waals surface area contributed by atoms with E-state index < -0.39 is 14.6 Å². The predicted octanol–water partition coefficient (Wildman–Crippen LogP) is 5.40. The minimum absolute atomic E-state index is 0.231. The van der Waals surface area contributed by atoms with Crippen LogP contribution in [0.1, 0.15) is 48.8 Å². The number of rotatable bonds is 6. The Bertz CT molecular complexity index is 1470. The molecule has 2 saturated heterocycles. The molecule has 1 aromatic carbocycles. The first-order valence-electron chi connectivity index (χ1n) is 12.6. The van der Waals surface area contributed by atoms with Crippen molar-refractivity contribution in [2.24, 2.45) is 5.41 Å². The number of amides is 1. The van der Waals surface area contributed by atoms with Crippen LogP contribution >= 0.6 is 22.9 Å². The normalized spacial score (nSPS) is 20.8. The van der Waals surface area contributed by atoms with Gasteiger partial charge in [0.1, 0.15) is 11.0 Å². The summed E-state index contributed by atoms with van der Waals surface area (Å²) in [6, 6.07) is 10.9. The molecule has 1 amide bonds. The molecular weight excluding hydrogens is 528 g/mol. The molecule has 4 heterocycles. The SMILES string of the molecule is CCN1CCC2(CCN(c3cc(NC(=O)c4cc5cc(C(C)(C)S(C)(=O)=O)ccc5s4)cc(Cl)n3)C2)C1. The maximum absolute atomic E-state index is 13.2. The fraction of sp³-hybridized carbons (Fsp3) is 0.481. The molecule has 1 atom stereocenters. The van der Waals surface area contributed by atoms with E-state index in [9.17, 15) is 13.2 Å². The second-order valence-electron chi connectivity index (χ2n) is 10.9. The van der Waals surface area contributed by atoms with E-state index in [-0.39, 0.29) is 5.91 Å². The predicted molar refractivity (Wildman–Crippen MR) is 153 cm³/mol. The van der Waals surface area contributed by atoms with Crippen molar-refractivity contribution in [2.75, 3.05) is 49.2 Å². The highest BCUT2D eigenvalue weighted by Crippen LogP contribution is 2.41. The molecule has 1 N–H and O–H groups in total. The van der Waals surface area contributed by atoms with Crippen LogP contribution in [0.15, 0.2) is 36.4 Å². The Hall–Kier alpha value is -2.20. The highest BCUT2D eigenvalue weighted by Gasteiger charge is 2.43. The first-order valence-corrected chi connectivity index (χ1v) is 15.7. The van der Waals surface area contributed by atoms with Crippen LogP contribution in [0.2, 0.25) is 5.15 Å². The van der Waals surface area contributed by atoms with Crippen LogP contribution in [0.25, 0.3) is 10.1 Å². The van der Waals surface area contributed by atoms with E-state index in [0.717, 1.165) is 55.0 Å². The van der Waals surface area contributed by atoms with Gasteiger partial charge in [0, 0.05) is 47.8 Å². The lowest BCUT2D eigenvalue weighted by Crippen LogP contribution is -2.31. The number of carbonyl (C=O) groups is 1. The summed E-state index contributed by atoms with van der Waals surface area (Å²) in [6.45, 7) is 10.8. The molecule has 2 aromatic heterocycles. The summed E-state index contributed by atoms with van der Waals surface area (Å²) in [5.74, 6) is 0.559. The van der Waals surface area contributed by atoms with Crippen molar-refractivity contribution in [3.8, 4) is 0 Å². The molecule has 0 radical (unpaired) electrons. The number of hydrogen-bond donors (Lipinski definition) is 1. The fourth-order valence-corrected chi connectivity index (χ4v) is 7.11. The topological polar surface area (TPSA) is 82.6 Å². The number of benzene rings is 1. The van der Waals surface area contributed by atoms with Crippen LogP contribution in [0.4, 0.5) is 11.5 Å². The molecule has 0 saturated carbocycles. The number of thiophene rings is 1. The van der Waals surface area contributed by atoms with Crippen LogP contribution in [-0.4, -0.2) is 63.2 Å². The van der Waals surface area contributed by atoms with Crippen LogP contribution in [0.5, 0.6) is 0 Å². The number of anilines is 2. The molecule has 1 unspecified atom stereocenters. The first kappa shape index (κ1) is 26.4. The van der Waals surface area contributed by atoms with Crippen molar-refractivity contribution in [2.45, 2.75) is 38.4 Å². The van der Waals surface area contributed by atoms with Gasteiger partial charge in [-0.25, -0.2) is 13.4 Å². The number of pyridine rings is 1. The average Bonchev–Trinajstić information content (AvgIpc) is 3.56. The highest BCUT2D eigenvalue weighted by molar-refractivity contribution is 7.91. The molecule has 198 valence electrons. The monoisotopic (exact) mass is 560 g/mol. The van der Waals surface area contributed by atoms with E-state index in [1.807, 2.05) is 30.3 Å². The van der Waals surface area contributed by atoms with Crippen molar-refractivity contribution in [3.05, 3.63) is 52.0 Å². The molecule has 7 nitrogen and oxygen atoms in total. The number of nitrogens with one attached hydrogen (secondary N) is 1. The number of carbonyl (C=O) groups excluding carboxylic acids is 1. The number of halogens is 1.